The van der Waals surface area contributed by atoms with E-state index in [1.54, 1.807) is 38.3 Å². The van der Waals surface area contributed by atoms with Gasteiger partial charge in [-0.3, -0.25) is 14.9 Å². The van der Waals surface area contributed by atoms with Gasteiger partial charge in [0.15, 0.2) is 12.4 Å². The summed E-state index contributed by atoms with van der Waals surface area (Å²) >= 11 is 3.35. The molecule has 0 aliphatic carbocycles. The molecule has 1 amide bonds. The second kappa shape index (κ2) is 8.95. The van der Waals surface area contributed by atoms with Gasteiger partial charge >= 0.3 is 5.69 Å². The molecule has 0 unspecified atom stereocenters. The number of rotatable bonds is 7. The van der Waals surface area contributed by atoms with Crippen LogP contribution in [-0.4, -0.2) is 30.8 Å². The molecule has 9 heteroatoms. The first-order valence-corrected chi connectivity index (χ1v) is 8.23. The quantitative estimate of drug-likeness (QED) is 0.419. The molecule has 0 bridgehead atoms. The van der Waals surface area contributed by atoms with E-state index < -0.39 is 17.4 Å². The molecule has 8 nitrogen and oxygen atoms in total. The van der Waals surface area contributed by atoms with Gasteiger partial charge in [0.25, 0.3) is 5.91 Å². The van der Waals surface area contributed by atoms with E-state index in [2.05, 4.69) is 26.5 Å². The molecule has 0 fully saturated rings. The first-order chi connectivity index (χ1) is 12.4. The van der Waals surface area contributed by atoms with E-state index in [9.17, 15) is 14.9 Å². The van der Waals surface area contributed by atoms with Crippen LogP contribution in [0.5, 0.6) is 11.5 Å². The molecule has 1 N–H and O–H groups in total. The van der Waals surface area contributed by atoms with Gasteiger partial charge in [-0.2, -0.15) is 5.10 Å². The number of benzene rings is 2. The number of nitrogens with zero attached hydrogens (tertiary/aromatic N) is 2. The highest BCUT2D eigenvalue weighted by molar-refractivity contribution is 9.10. The molecule has 0 saturated heterocycles. The van der Waals surface area contributed by atoms with Crippen molar-refractivity contribution in [3.8, 4) is 11.5 Å². The Bertz CT molecular complexity index is 854. The Balaban J connectivity index is 1.91. The summed E-state index contributed by atoms with van der Waals surface area (Å²) in [6, 6.07) is 9.81. The third-order valence-corrected chi connectivity index (χ3v) is 3.87. The largest absolute Gasteiger partial charge is 0.496 e. The second-order valence-corrected chi connectivity index (χ2v) is 6.06. The lowest BCUT2D eigenvalue weighted by atomic mass is 10.2. The highest BCUT2D eigenvalue weighted by atomic mass is 79.9. The zero-order chi connectivity index (χ0) is 19.1. The molecule has 0 atom stereocenters. The lowest BCUT2D eigenvalue weighted by molar-refractivity contribution is -0.385. The molecule has 0 aliphatic heterocycles. The first kappa shape index (κ1) is 19.4. The van der Waals surface area contributed by atoms with Crippen LogP contribution in [0.4, 0.5) is 5.69 Å². The normalized spacial score (nSPS) is 10.6. The summed E-state index contributed by atoms with van der Waals surface area (Å²) in [5.74, 6) is 0.168. The van der Waals surface area contributed by atoms with Crippen molar-refractivity contribution in [1.82, 2.24) is 5.43 Å². The molecule has 136 valence electrons. The van der Waals surface area contributed by atoms with Crippen LogP contribution < -0.4 is 14.9 Å². The second-order valence-electron chi connectivity index (χ2n) is 5.20. The van der Waals surface area contributed by atoms with Gasteiger partial charge in [0.2, 0.25) is 0 Å². The Morgan fingerprint density at radius 2 is 2.04 bits per heavy atom. The van der Waals surface area contributed by atoms with Crippen LogP contribution in [0.15, 0.2) is 46.0 Å². The van der Waals surface area contributed by atoms with Crippen molar-refractivity contribution in [2.45, 2.75) is 6.92 Å². The number of aryl methyl sites for hydroxylation is 1. The topological polar surface area (TPSA) is 103 Å². The lowest BCUT2D eigenvalue weighted by Crippen LogP contribution is -2.24. The minimum atomic E-state index is -0.556. The Labute approximate surface area is 158 Å². The number of hydrogen-bond acceptors (Lipinski definition) is 6. The zero-order valence-electron chi connectivity index (χ0n) is 14.1. The fourth-order valence-corrected chi connectivity index (χ4v) is 2.57. The number of hydrogen-bond donors (Lipinski definition) is 1. The van der Waals surface area contributed by atoms with Crippen molar-refractivity contribution in [1.29, 1.82) is 0 Å². The monoisotopic (exact) mass is 421 g/mol. The number of amides is 1. The van der Waals surface area contributed by atoms with E-state index in [1.807, 2.05) is 0 Å². The third kappa shape index (κ3) is 5.28. The van der Waals surface area contributed by atoms with Gasteiger partial charge in [-0.1, -0.05) is 6.07 Å². The number of nitrogens with one attached hydrogen (secondary N) is 1. The lowest BCUT2D eigenvalue weighted by Gasteiger charge is -2.06. The molecule has 2 aromatic rings. The molecular formula is C17H16BrN3O5. The molecule has 0 heterocycles. The maximum Gasteiger partial charge on any atom is 0.311 e. The number of carbonyl (C=O) groups is 1. The Kier molecular flexibility index (Phi) is 6.67. The summed E-state index contributed by atoms with van der Waals surface area (Å²) in [7, 11) is 1.56. The van der Waals surface area contributed by atoms with Gasteiger partial charge in [-0.15, -0.1) is 0 Å². The smallest absolute Gasteiger partial charge is 0.311 e. The maximum absolute atomic E-state index is 11.8. The van der Waals surface area contributed by atoms with Crippen LogP contribution in [0, 0.1) is 17.0 Å². The van der Waals surface area contributed by atoms with Crippen LogP contribution in [0.2, 0.25) is 0 Å². The van der Waals surface area contributed by atoms with E-state index in [-0.39, 0.29) is 11.4 Å². The van der Waals surface area contributed by atoms with E-state index >= 15 is 0 Å². The van der Waals surface area contributed by atoms with Crippen molar-refractivity contribution < 1.29 is 19.2 Å². The van der Waals surface area contributed by atoms with Crippen molar-refractivity contribution in [3.63, 3.8) is 0 Å². The molecule has 0 aliphatic rings. The maximum atomic E-state index is 11.8. The number of carbonyl (C=O) groups excluding carboxylic acids is 1. The molecule has 26 heavy (non-hydrogen) atoms. The predicted octanol–water partition coefficient (Wildman–Crippen LogP) is 3.20. The Morgan fingerprint density at radius 1 is 1.31 bits per heavy atom. The van der Waals surface area contributed by atoms with Crippen molar-refractivity contribution >= 4 is 33.7 Å². The van der Waals surface area contributed by atoms with E-state index in [0.29, 0.717) is 5.75 Å². The minimum Gasteiger partial charge on any atom is -0.496 e. The summed E-state index contributed by atoms with van der Waals surface area (Å²) in [6.45, 7) is 1.34. The summed E-state index contributed by atoms with van der Waals surface area (Å²) in [5, 5.41) is 14.8. The highest BCUT2D eigenvalue weighted by Crippen LogP contribution is 2.27. The summed E-state index contributed by atoms with van der Waals surface area (Å²) in [4.78, 5) is 22.2. The van der Waals surface area contributed by atoms with Crippen molar-refractivity contribution in [2.75, 3.05) is 13.7 Å². The van der Waals surface area contributed by atoms with Gasteiger partial charge in [-0.05, 0) is 58.2 Å². The Morgan fingerprint density at radius 3 is 2.69 bits per heavy atom. The number of halogens is 1. The third-order valence-electron chi connectivity index (χ3n) is 3.25. The van der Waals surface area contributed by atoms with Gasteiger partial charge in [0.1, 0.15) is 5.75 Å². The van der Waals surface area contributed by atoms with Crippen LogP contribution in [0.25, 0.3) is 0 Å². The van der Waals surface area contributed by atoms with Crippen LogP contribution in [-0.2, 0) is 4.79 Å². The zero-order valence-corrected chi connectivity index (χ0v) is 15.6. The molecule has 0 saturated carbocycles. The van der Waals surface area contributed by atoms with Crippen LogP contribution in [0.3, 0.4) is 0 Å². The van der Waals surface area contributed by atoms with E-state index in [0.717, 1.165) is 15.6 Å². The first-order valence-electron chi connectivity index (χ1n) is 7.44. The number of nitro benzene ring substituents is 1. The standard InChI is InChI=1S/C17H16BrN3O5/c1-11-3-5-16(14(7-11)21(23)24)26-10-17(22)20-19-9-12-4-6-15(25-2)13(18)8-12/h3-9H,10H2,1-2H3,(H,20,22)/b19-9-. The SMILES string of the molecule is COc1ccc(/C=N\NC(=O)COc2ccc(C)cc2[N+](=O)[O-])cc1Br. The molecule has 0 spiro atoms. The summed E-state index contributed by atoms with van der Waals surface area (Å²) < 4.78 is 11.1. The summed E-state index contributed by atoms with van der Waals surface area (Å²) in [5.41, 5.74) is 3.58. The van der Waals surface area contributed by atoms with Gasteiger partial charge in [0.05, 0.1) is 22.7 Å². The molecule has 2 rings (SSSR count). The van der Waals surface area contributed by atoms with Crippen molar-refractivity contribution in [2.24, 2.45) is 5.10 Å². The van der Waals surface area contributed by atoms with Gasteiger partial charge < -0.3 is 9.47 Å². The molecule has 0 radical (unpaired) electrons. The highest BCUT2D eigenvalue weighted by Gasteiger charge is 2.16. The predicted molar refractivity (Wildman–Crippen MR) is 99.8 cm³/mol. The average molecular weight is 422 g/mol. The van der Waals surface area contributed by atoms with Crippen LogP contribution >= 0.6 is 15.9 Å². The molecule has 2 aromatic carbocycles. The number of nitro groups is 1. The number of ether oxygens (including phenoxy) is 2. The fraction of sp³-hybridized carbons (Fsp3) is 0.176. The molecule has 0 aromatic heterocycles. The van der Waals surface area contributed by atoms with E-state index in [1.165, 1.54) is 18.3 Å². The molecular weight excluding hydrogens is 406 g/mol. The van der Waals surface area contributed by atoms with Gasteiger partial charge in [0, 0.05) is 6.07 Å². The number of methoxy groups -OCH3 is 1. The van der Waals surface area contributed by atoms with E-state index in [4.69, 9.17) is 9.47 Å². The summed E-state index contributed by atoms with van der Waals surface area (Å²) in [6.07, 6.45) is 1.45. The minimum absolute atomic E-state index is 0.0267. The van der Waals surface area contributed by atoms with Crippen LogP contribution in [0.1, 0.15) is 11.1 Å². The van der Waals surface area contributed by atoms with Crippen molar-refractivity contribution in [3.05, 3.63) is 62.1 Å². The fourth-order valence-electron chi connectivity index (χ4n) is 2.01. The average Bonchev–Trinajstić information content (AvgIpc) is 2.60. The Hall–Kier alpha value is -2.94. The number of hydrazone groups is 1. The van der Waals surface area contributed by atoms with Gasteiger partial charge in [-0.25, -0.2) is 5.43 Å².